The minimum absolute atomic E-state index is 0.0253. The fourth-order valence-corrected chi connectivity index (χ4v) is 3.30. The van der Waals surface area contributed by atoms with Crippen LogP contribution in [0.1, 0.15) is 21.5 Å². The lowest BCUT2D eigenvalue weighted by molar-refractivity contribution is 0.0941. The Hall–Kier alpha value is -3.04. The van der Waals surface area contributed by atoms with E-state index in [4.69, 9.17) is 0 Å². The highest BCUT2D eigenvalue weighted by Crippen LogP contribution is 2.19. The number of amides is 1. The van der Waals surface area contributed by atoms with E-state index in [9.17, 15) is 17.6 Å². The molecular weight excluding hydrogens is 371 g/mol. The Morgan fingerprint density at radius 1 is 1.15 bits per heavy atom. The van der Waals surface area contributed by atoms with Gasteiger partial charge in [-0.15, -0.1) is 4.83 Å². The maximum Gasteiger partial charge on any atom is 0.269 e. The molecule has 0 saturated carbocycles. The van der Waals surface area contributed by atoms with Gasteiger partial charge in [0.15, 0.2) is 0 Å². The molecule has 1 heterocycles. The molecule has 0 bridgehead atoms. The van der Waals surface area contributed by atoms with Gasteiger partial charge in [-0.25, -0.2) is 17.5 Å². The van der Waals surface area contributed by atoms with E-state index < -0.39 is 21.7 Å². The van der Waals surface area contributed by atoms with E-state index in [1.165, 1.54) is 29.8 Å². The first-order chi connectivity index (χ1) is 12.8. The smallest absolute Gasteiger partial charge is 0.269 e. The number of halogens is 1. The molecule has 0 unspecified atom stereocenters. The summed E-state index contributed by atoms with van der Waals surface area (Å²) in [5, 5.41) is 4.13. The second kappa shape index (κ2) is 7.29. The molecule has 7 nitrogen and oxygen atoms in total. The predicted molar refractivity (Wildman–Crippen MR) is 97.2 cm³/mol. The number of nitrogens with one attached hydrogen (secondary N) is 2. The fraction of sp³-hybridized carbons (Fsp3) is 0.111. The zero-order chi connectivity index (χ0) is 19.6. The molecule has 0 fully saturated rings. The number of sulfonamides is 1. The van der Waals surface area contributed by atoms with E-state index in [1.807, 2.05) is 17.2 Å². The molecule has 140 valence electrons. The summed E-state index contributed by atoms with van der Waals surface area (Å²) in [6.07, 6.45) is 3.36. The normalized spacial score (nSPS) is 11.4. The van der Waals surface area contributed by atoms with Crippen LogP contribution in [0.25, 0.3) is 5.69 Å². The first-order valence-electron chi connectivity index (χ1n) is 7.97. The minimum atomic E-state index is -3.97. The highest BCUT2D eigenvalue weighted by Gasteiger charge is 2.19. The molecule has 1 amide bonds. The van der Waals surface area contributed by atoms with Crippen LogP contribution in [0.4, 0.5) is 4.39 Å². The molecule has 0 aliphatic rings. The summed E-state index contributed by atoms with van der Waals surface area (Å²) in [4.78, 5) is 14.3. The molecule has 3 aromatic rings. The van der Waals surface area contributed by atoms with Crippen LogP contribution in [0.2, 0.25) is 0 Å². The Morgan fingerprint density at radius 2 is 1.85 bits per heavy atom. The first-order valence-corrected chi connectivity index (χ1v) is 9.45. The molecule has 0 saturated heterocycles. The van der Waals surface area contributed by atoms with Gasteiger partial charge in [-0.3, -0.25) is 10.2 Å². The number of rotatable bonds is 5. The zero-order valence-corrected chi connectivity index (χ0v) is 15.4. The van der Waals surface area contributed by atoms with Gasteiger partial charge in [0.2, 0.25) is 0 Å². The van der Waals surface area contributed by atoms with Crippen LogP contribution < -0.4 is 10.3 Å². The third-order valence-electron chi connectivity index (χ3n) is 3.81. The molecule has 2 aromatic carbocycles. The largest absolute Gasteiger partial charge is 0.273 e. The van der Waals surface area contributed by atoms with Gasteiger partial charge in [-0.1, -0.05) is 18.2 Å². The highest BCUT2D eigenvalue weighted by atomic mass is 32.2. The summed E-state index contributed by atoms with van der Waals surface area (Å²) in [5.74, 6) is -1.65. The lowest BCUT2D eigenvalue weighted by atomic mass is 10.1. The second-order valence-corrected chi connectivity index (χ2v) is 7.64. The third-order valence-corrected chi connectivity index (χ3v) is 5.08. The number of hydrogen-bond acceptors (Lipinski definition) is 4. The SMILES string of the molecule is Cc1cnn(-c2cc(C)c(F)c(C(=O)NNS(=O)(=O)c3ccccc3)c2)c1. The van der Waals surface area contributed by atoms with Crippen molar-refractivity contribution in [3.63, 3.8) is 0 Å². The number of carbonyl (C=O) groups is 1. The quantitative estimate of drug-likeness (QED) is 0.656. The summed E-state index contributed by atoms with van der Waals surface area (Å²) >= 11 is 0. The van der Waals surface area contributed by atoms with Crippen molar-refractivity contribution in [2.75, 3.05) is 0 Å². The molecule has 3 rings (SSSR count). The summed E-state index contributed by atoms with van der Waals surface area (Å²) in [7, 11) is -3.97. The van der Waals surface area contributed by atoms with E-state index >= 15 is 0 Å². The van der Waals surface area contributed by atoms with Crippen molar-refractivity contribution in [3.8, 4) is 5.69 Å². The van der Waals surface area contributed by atoms with Gasteiger partial charge in [-0.2, -0.15) is 5.10 Å². The molecule has 0 spiro atoms. The molecule has 0 radical (unpaired) electrons. The molecule has 0 aliphatic heterocycles. The third kappa shape index (κ3) is 4.04. The fourth-order valence-electron chi connectivity index (χ4n) is 2.44. The summed E-state index contributed by atoms with van der Waals surface area (Å²) in [6, 6.07) is 10.4. The average Bonchev–Trinajstić information content (AvgIpc) is 3.09. The Kier molecular flexibility index (Phi) is 5.06. The lowest BCUT2D eigenvalue weighted by Gasteiger charge is -2.11. The Balaban J connectivity index is 1.85. The summed E-state index contributed by atoms with van der Waals surface area (Å²) < 4.78 is 40.3. The molecule has 0 aliphatic carbocycles. The van der Waals surface area contributed by atoms with Gasteiger partial charge >= 0.3 is 0 Å². The van der Waals surface area contributed by atoms with Crippen molar-refractivity contribution < 1.29 is 17.6 Å². The van der Waals surface area contributed by atoms with Crippen LogP contribution >= 0.6 is 0 Å². The van der Waals surface area contributed by atoms with E-state index in [0.717, 1.165) is 5.56 Å². The van der Waals surface area contributed by atoms with Gasteiger partial charge in [0.1, 0.15) is 5.82 Å². The number of hydrogen-bond donors (Lipinski definition) is 2. The number of carbonyl (C=O) groups excluding carboxylic acids is 1. The van der Waals surface area contributed by atoms with Crippen molar-refractivity contribution in [1.29, 1.82) is 0 Å². The predicted octanol–water partition coefficient (Wildman–Crippen LogP) is 2.25. The standard InChI is InChI=1S/C18H17FN4O3S/c1-12-10-20-23(11-12)14-8-13(2)17(19)16(9-14)18(24)21-22-27(25,26)15-6-4-3-5-7-15/h3-11,22H,1-2H3,(H,21,24). The van der Waals surface area contributed by atoms with Crippen molar-refractivity contribution in [1.82, 2.24) is 20.0 Å². The number of nitrogens with zero attached hydrogens (tertiary/aromatic N) is 2. The van der Waals surface area contributed by atoms with Gasteiger partial charge < -0.3 is 0 Å². The van der Waals surface area contributed by atoms with Crippen molar-refractivity contribution in [2.45, 2.75) is 18.7 Å². The summed E-state index contributed by atoms with van der Waals surface area (Å²) in [5.41, 5.74) is 3.36. The van der Waals surface area contributed by atoms with Crippen LogP contribution in [0.5, 0.6) is 0 Å². The first kappa shape index (κ1) is 18.7. The van der Waals surface area contributed by atoms with Gasteiger partial charge in [-0.05, 0) is 49.2 Å². The van der Waals surface area contributed by atoms with E-state index in [0.29, 0.717) is 5.69 Å². The van der Waals surface area contributed by atoms with Crippen LogP contribution in [-0.4, -0.2) is 24.1 Å². The van der Waals surface area contributed by atoms with Crippen LogP contribution in [0, 0.1) is 19.7 Å². The van der Waals surface area contributed by atoms with Gasteiger partial charge in [0, 0.05) is 6.20 Å². The molecular formula is C18H17FN4O3S. The molecule has 0 atom stereocenters. The molecule has 27 heavy (non-hydrogen) atoms. The maximum absolute atomic E-state index is 14.4. The summed E-state index contributed by atoms with van der Waals surface area (Å²) in [6.45, 7) is 3.37. The van der Waals surface area contributed by atoms with E-state index in [1.54, 1.807) is 36.7 Å². The lowest BCUT2D eigenvalue weighted by Crippen LogP contribution is -2.41. The average molecular weight is 388 g/mol. The maximum atomic E-state index is 14.4. The van der Waals surface area contributed by atoms with E-state index in [2.05, 4.69) is 5.10 Å². The topological polar surface area (TPSA) is 93.1 Å². The highest BCUT2D eigenvalue weighted by molar-refractivity contribution is 7.89. The number of benzene rings is 2. The van der Waals surface area contributed by atoms with Gasteiger partial charge in [0.25, 0.3) is 15.9 Å². The monoisotopic (exact) mass is 388 g/mol. The number of hydrazine groups is 1. The number of aromatic nitrogens is 2. The van der Waals surface area contributed by atoms with Crippen molar-refractivity contribution >= 4 is 15.9 Å². The molecule has 1 aromatic heterocycles. The van der Waals surface area contributed by atoms with E-state index in [-0.39, 0.29) is 16.0 Å². The zero-order valence-electron chi connectivity index (χ0n) is 14.6. The second-order valence-electron chi connectivity index (χ2n) is 5.96. The Labute approximate surface area is 155 Å². The van der Waals surface area contributed by atoms with Crippen LogP contribution in [0.3, 0.4) is 0 Å². The van der Waals surface area contributed by atoms with Crippen LogP contribution in [0.15, 0.2) is 59.8 Å². The molecule has 2 N–H and O–H groups in total. The van der Waals surface area contributed by atoms with Crippen molar-refractivity contribution in [3.05, 3.63) is 77.4 Å². The van der Waals surface area contributed by atoms with Gasteiger partial charge in [0.05, 0.1) is 22.3 Å². The minimum Gasteiger partial charge on any atom is -0.273 e. The Bertz CT molecular complexity index is 1100. The van der Waals surface area contributed by atoms with Crippen molar-refractivity contribution in [2.24, 2.45) is 0 Å². The Morgan fingerprint density at radius 3 is 2.48 bits per heavy atom. The van der Waals surface area contributed by atoms with Crippen LogP contribution in [-0.2, 0) is 10.0 Å². The molecule has 9 heteroatoms. The number of aryl methyl sites for hydroxylation is 2.